The summed E-state index contributed by atoms with van der Waals surface area (Å²) in [6, 6.07) is 7.22. The predicted molar refractivity (Wildman–Crippen MR) is 66.0 cm³/mol. The van der Waals surface area contributed by atoms with E-state index < -0.39 is 10.0 Å². The molecule has 0 heterocycles. The maximum absolute atomic E-state index is 10.8. The molecule has 0 radical (unpaired) electrons. The van der Waals surface area contributed by atoms with Crippen LogP contribution in [0.15, 0.2) is 24.3 Å². The van der Waals surface area contributed by atoms with Crippen molar-refractivity contribution in [3.8, 4) is 11.5 Å². The second-order valence-electron chi connectivity index (χ2n) is 3.42. The van der Waals surface area contributed by atoms with Crippen molar-refractivity contribution in [2.24, 2.45) is 0 Å². The van der Waals surface area contributed by atoms with Crippen LogP contribution in [0.4, 0.5) is 0 Å². The summed E-state index contributed by atoms with van der Waals surface area (Å²) >= 11 is 0. The molecule has 96 valence electrons. The third kappa shape index (κ3) is 6.13. The lowest BCUT2D eigenvalue weighted by Gasteiger charge is -2.08. The molecule has 6 heteroatoms. The smallest absolute Gasteiger partial charge is 0.208 e. The van der Waals surface area contributed by atoms with Gasteiger partial charge in [0.2, 0.25) is 10.0 Å². The van der Waals surface area contributed by atoms with Crippen LogP contribution in [-0.4, -0.2) is 34.4 Å². The molecule has 0 unspecified atom stereocenters. The molecule has 17 heavy (non-hydrogen) atoms. The van der Waals surface area contributed by atoms with E-state index in [9.17, 15) is 8.42 Å². The molecular formula is C11H17NO4S. The van der Waals surface area contributed by atoms with E-state index in [1.165, 1.54) is 0 Å². The molecule has 1 aromatic rings. The third-order valence-corrected chi connectivity index (χ3v) is 2.58. The van der Waals surface area contributed by atoms with Crippen molar-refractivity contribution in [1.29, 1.82) is 0 Å². The van der Waals surface area contributed by atoms with Gasteiger partial charge in [0, 0.05) is 12.6 Å². The number of hydrogen-bond acceptors (Lipinski definition) is 4. The summed E-state index contributed by atoms with van der Waals surface area (Å²) in [5.41, 5.74) is 0. The minimum atomic E-state index is -3.15. The average Bonchev–Trinajstić information content (AvgIpc) is 2.24. The zero-order chi connectivity index (χ0) is 12.7. The quantitative estimate of drug-likeness (QED) is 0.742. The van der Waals surface area contributed by atoms with Crippen LogP contribution in [0.3, 0.4) is 0 Å². The highest BCUT2D eigenvalue weighted by molar-refractivity contribution is 7.88. The molecule has 1 rings (SSSR count). The zero-order valence-electron chi connectivity index (χ0n) is 9.97. The average molecular weight is 259 g/mol. The second kappa shape index (κ2) is 6.46. The van der Waals surface area contributed by atoms with Gasteiger partial charge in [-0.25, -0.2) is 13.1 Å². The van der Waals surface area contributed by atoms with Gasteiger partial charge in [-0.15, -0.1) is 0 Å². The Morgan fingerprint density at radius 3 is 2.47 bits per heavy atom. The first kappa shape index (κ1) is 13.8. The van der Waals surface area contributed by atoms with Gasteiger partial charge in [0.25, 0.3) is 0 Å². The van der Waals surface area contributed by atoms with Gasteiger partial charge in [-0.05, 0) is 19.1 Å². The Kier molecular flexibility index (Phi) is 5.24. The Hall–Kier alpha value is -1.27. The Balaban J connectivity index is 2.38. The highest BCUT2D eigenvalue weighted by atomic mass is 32.2. The molecule has 0 bridgehead atoms. The summed E-state index contributed by atoms with van der Waals surface area (Å²) in [6.07, 6.45) is 1.11. The van der Waals surface area contributed by atoms with E-state index in [4.69, 9.17) is 9.47 Å². The standard InChI is InChI=1S/C11H17NO4S/c1-3-15-10-5-4-6-11(9-10)16-8-7-12-17(2,13)14/h4-6,9,12H,3,7-8H2,1-2H3. The maximum atomic E-state index is 10.8. The predicted octanol–water partition coefficient (Wildman–Crippen LogP) is 1.01. The van der Waals surface area contributed by atoms with Crippen molar-refractivity contribution in [2.75, 3.05) is 26.0 Å². The lowest BCUT2D eigenvalue weighted by Crippen LogP contribution is -2.26. The van der Waals surface area contributed by atoms with Crippen LogP contribution in [0.2, 0.25) is 0 Å². The number of rotatable bonds is 7. The SMILES string of the molecule is CCOc1cccc(OCCNS(C)(=O)=O)c1. The van der Waals surface area contributed by atoms with Crippen molar-refractivity contribution in [1.82, 2.24) is 4.72 Å². The zero-order valence-corrected chi connectivity index (χ0v) is 10.8. The number of hydrogen-bond donors (Lipinski definition) is 1. The number of nitrogens with one attached hydrogen (secondary N) is 1. The molecule has 1 aromatic carbocycles. The Morgan fingerprint density at radius 1 is 1.24 bits per heavy atom. The molecule has 0 aliphatic rings. The molecule has 0 aliphatic carbocycles. The Bertz CT molecular complexity index is 445. The van der Waals surface area contributed by atoms with Crippen LogP contribution in [0.25, 0.3) is 0 Å². The summed E-state index contributed by atoms with van der Waals surface area (Å²) in [6.45, 7) is 3.03. The first-order chi connectivity index (χ1) is 8.01. The molecule has 5 nitrogen and oxygen atoms in total. The Morgan fingerprint density at radius 2 is 1.88 bits per heavy atom. The van der Waals surface area contributed by atoms with E-state index in [2.05, 4.69) is 4.72 Å². The maximum Gasteiger partial charge on any atom is 0.208 e. The van der Waals surface area contributed by atoms with Gasteiger partial charge in [-0.3, -0.25) is 0 Å². The van der Waals surface area contributed by atoms with E-state index in [-0.39, 0.29) is 13.2 Å². The van der Waals surface area contributed by atoms with E-state index in [0.717, 1.165) is 12.0 Å². The Labute approximate surface area is 102 Å². The molecule has 0 aromatic heterocycles. The summed E-state index contributed by atoms with van der Waals surface area (Å²) in [4.78, 5) is 0. The van der Waals surface area contributed by atoms with Gasteiger partial charge in [0.05, 0.1) is 12.9 Å². The van der Waals surface area contributed by atoms with Crippen molar-refractivity contribution < 1.29 is 17.9 Å². The fourth-order valence-corrected chi connectivity index (χ4v) is 1.67. The third-order valence-electron chi connectivity index (χ3n) is 1.85. The molecule has 0 saturated heterocycles. The van der Waals surface area contributed by atoms with E-state index in [1.807, 2.05) is 19.1 Å². The van der Waals surface area contributed by atoms with Crippen LogP contribution in [0.5, 0.6) is 11.5 Å². The second-order valence-corrected chi connectivity index (χ2v) is 5.26. The number of sulfonamides is 1. The van der Waals surface area contributed by atoms with Crippen LogP contribution in [-0.2, 0) is 10.0 Å². The summed E-state index contributed by atoms with van der Waals surface area (Å²) in [5, 5.41) is 0. The van der Waals surface area contributed by atoms with Crippen LogP contribution in [0, 0.1) is 0 Å². The minimum Gasteiger partial charge on any atom is -0.494 e. The molecule has 1 N–H and O–H groups in total. The molecule has 0 spiro atoms. The van der Waals surface area contributed by atoms with E-state index in [0.29, 0.717) is 12.4 Å². The molecule has 0 fully saturated rings. The van der Waals surface area contributed by atoms with Crippen molar-refractivity contribution in [2.45, 2.75) is 6.92 Å². The highest BCUT2D eigenvalue weighted by Crippen LogP contribution is 2.18. The molecule has 0 atom stereocenters. The van der Waals surface area contributed by atoms with Crippen molar-refractivity contribution >= 4 is 10.0 Å². The fourth-order valence-electron chi connectivity index (χ4n) is 1.22. The molecular weight excluding hydrogens is 242 g/mol. The van der Waals surface area contributed by atoms with Gasteiger partial charge in [-0.1, -0.05) is 6.07 Å². The van der Waals surface area contributed by atoms with Crippen LogP contribution in [0.1, 0.15) is 6.92 Å². The number of ether oxygens (including phenoxy) is 2. The van der Waals surface area contributed by atoms with Gasteiger partial charge in [0.1, 0.15) is 18.1 Å². The van der Waals surface area contributed by atoms with Crippen molar-refractivity contribution in [3.05, 3.63) is 24.3 Å². The van der Waals surface area contributed by atoms with Crippen LogP contribution < -0.4 is 14.2 Å². The minimum absolute atomic E-state index is 0.248. The summed E-state index contributed by atoms with van der Waals surface area (Å²) < 4.78 is 34.6. The monoisotopic (exact) mass is 259 g/mol. The first-order valence-electron chi connectivity index (χ1n) is 5.31. The van der Waals surface area contributed by atoms with E-state index >= 15 is 0 Å². The molecule has 0 aliphatic heterocycles. The lowest BCUT2D eigenvalue weighted by atomic mass is 10.3. The van der Waals surface area contributed by atoms with Crippen molar-refractivity contribution in [3.63, 3.8) is 0 Å². The van der Waals surface area contributed by atoms with Crippen LogP contribution >= 0.6 is 0 Å². The summed E-state index contributed by atoms with van der Waals surface area (Å²) in [5.74, 6) is 1.40. The first-order valence-corrected chi connectivity index (χ1v) is 7.20. The van der Waals surface area contributed by atoms with Gasteiger partial charge in [0.15, 0.2) is 0 Å². The fraction of sp³-hybridized carbons (Fsp3) is 0.455. The highest BCUT2D eigenvalue weighted by Gasteiger charge is 2.00. The normalized spacial score (nSPS) is 11.2. The lowest BCUT2D eigenvalue weighted by molar-refractivity contribution is 0.313. The molecule has 0 amide bonds. The number of benzene rings is 1. The van der Waals surface area contributed by atoms with Gasteiger partial charge in [-0.2, -0.15) is 0 Å². The van der Waals surface area contributed by atoms with Gasteiger partial charge >= 0.3 is 0 Å². The van der Waals surface area contributed by atoms with E-state index in [1.54, 1.807) is 12.1 Å². The summed E-state index contributed by atoms with van der Waals surface area (Å²) in [7, 11) is -3.15. The molecule has 0 saturated carbocycles. The largest absolute Gasteiger partial charge is 0.494 e. The topological polar surface area (TPSA) is 64.6 Å². The van der Waals surface area contributed by atoms with Gasteiger partial charge < -0.3 is 9.47 Å².